The molecule has 1 aliphatic heterocycles. The van der Waals surface area contributed by atoms with Gasteiger partial charge in [-0.05, 0) is 5.56 Å². The van der Waals surface area contributed by atoms with Crippen molar-refractivity contribution in [3.63, 3.8) is 0 Å². The molecule has 6 heteroatoms. The fourth-order valence-electron chi connectivity index (χ4n) is 2.74. The number of urea groups is 1. The molecule has 1 aromatic heterocycles. The molecule has 0 aliphatic carbocycles. The van der Waals surface area contributed by atoms with E-state index in [0.29, 0.717) is 6.54 Å². The molecule has 122 valence electrons. The van der Waals surface area contributed by atoms with E-state index in [-0.39, 0.29) is 6.03 Å². The predicted molar refractivity (Wildman–Crippen MR) is 88.9 cm³/mol. The zero-order chi connectivity index (χ0) is 15.9. The van der Waals surface area contributed by atoms with Crippen molar-refractivity contribution in [1.29, 1.82) is 0 Å². The number of rotatable bonds is 5. The van der Waals surface area contributed by atoms with Gasteiger partial charge in [0.1, 0.15) is 0 Å². The SMILES string of the molecule is O=C(NCc1ccccc1)N1CCN(CCn2ccnc2)CC1. The maximum absolute atomic E-state index is 12.2. The van der Waals surface area contributed by atoms with Crippen molar-refractivity contribution in [1.82, 2.24) is 24.7 Å². The summed E-state index contributed by atoms with van der Waals surface area (Å²) in [6, 6.07) is 10.0. The van der Waals surface area contributed by atoms with Gasteiger partial charge in [0.2, 0.25) is 0 Å². The van der Waals surface area contributed by atoms with E-state index in [1.54, 1.807) is 6.20 Å². The van der Waals surface area contributed by atoms with Gasteiger partial charge in [-0.15, -0.1) is 0 Å². The number of nitrogens with zero attached hydrogens (tertiary/aromatic N) is 4. The fraction of sp³-hybridized carbons (Fsp3) is 0.412. The van der Waals surface area contributed by atoms with Crippen molar-refractivity contribution >= 4 is 6.03 Å². The second-order valence-corrected chi connectivity index (χ2v) is 5.77. The molecule has 0 bridgehead atoms. The zero-order valence-electron chi connectivity index (χ0n) is 13.3. The van der Waals surface area contributed by atoms with Gasteiger partial charge in [0, 0.05) is 58.2 Å². The molecule has 0 spiro atoms. The highest BCUT2D eigenvalue weighted by atomic mass is 16.2. The Morgan fingerprint density at radius 2 is 1.87 bits per heavy atom. The van der Waals surface area contributed by atoms with Gasteiger partial charge < -0.3 is 14.8 Å². The summed E-state index contributed by atoms with van der Waals surface area (Å²) in [6.45, 7) is 5.94. The summed E-state index contributed by atoms with van der Waals surface area (Å²) in [5.74, 6) is 0. The summed E-state index contributed by atoms with van der Waals surface area (Å²) in [5, 5.41) is 2.99. The summed E-state index contributed by atoms with van der Waals surface area (Å²) in [7, 11) is 0. The largest absolute Gasteiger partial charge is 0.336 e. The second-order valence-electron chi connectivity index (χ2n) is 5.77. The van der Waals surface area contributed by atoms with E-state index in [2.05, 4.69) is 19.8 Å². The normalized spacial score (nSPS) is 15.6. The highest BCUT2D eigenvalue weighted by Crippen LogP contribution is 2.04. The molecule has 1 aliphatic rings. The maximum atomic E-state index is 12.2. The van der Waals surface area contributed by atoms with Crippen molar-refractivity contribution in [2.45, 2.75) is 13.1 Å². The van der Waals surface area contributed by atoms with Crippen molar-refractivity contribution in [3.8, 4) is 0 Å². The number of carbonyl (C=O) groups excluding carboxylic acids is 1. The standard InChI is InChI=1S/C17H23N5O/c23-17(19-14-16-4-2-1-3-5-16)22-12-10-20(11-13-22)8-9-21-7-6-18-15-21/h1-7,15H,8-14H2,(H,19,23). The van der Waals surface area contributed by atoms with Crippen molar-refractivity contribution in [2.24, 2.45) is 0 Å². The monoisotopic (exact) mass is 313 g/mol. The number of piperazine rings is 1. The third-order valence-electron chi connectivity index (χ3n) is 4.18. The number of carbonyl (C=O) groups is 1. The smallest absolute Gasteiger partial charge is 0.317 e. The minimum atomic E-state index is 0.0307. The van der Waals surface area contributed by atoms with Gasteiger partial charge in [-0.25, -0.2) is 9.78 Å². The molecule has 6 nitrogen and oxygen atoms in total. The van der Waals surface area contributed by atoms with Gasteiger partial charge in [0.05, 0.1) is 6.33 Å². The van der Waals surface area contributed by atoms with Crippen LogP contribution in [-0.4, -0.2) is 58.1 Å². The lowest BCUT2D eigenvalue weighted by molar-refractivity contribution is 0.136. The molecule has 3 rings (SSSR count). The van der Waals surface area contributed by atoms with Crippen LogP contribution in [0.3, 0.4) is 0 Å². The molecule has 2 amide bonds. The molecule has 2 aromatic rings. The number of amides is 2. The summed E-state index contributed by atoms with van der Waals surface area (Å²) in [5.41, 5.74) is 1.12. The van der Waals surface area contributed by atoms with Crippen LogP contribution < -0.4 is 5.32 Å². The van der Waals surface area contributed by atoms with Crippen LogP contribution in [0.15, 0.2) is 49.1 Å². The molecule has 1 N–H and O–H groups in total. The van der Waals surface area contributed by atoms with Crippen molar-refractivity contribution < 1.29 is 4.79 Å². The van der Waals surface area contributed by atoms with E-state index in [9.17, 15) is 4.79 Å². The third-order valence-corrected chi connectivity index (χ3v) is 4.18. The van der Waals surface area contributed by atoms with Gasteiger partial charge in [-0.3, -0.25) is 4.90 Å². The molecule has 0 unspecified atom stereocenters. The van der Waals surface area contributed by atoms with Gasteiger partial charge in [-0.2, -0.15) is 0 Å². The van der Waals surface area contributed by atoms with Crippen LogP contribution in [0.5, 0.6) is 0 Å². The van der Waals surface area contributed by atoms with Crippen molar-refractivity contribution in [2.75, 3.05) is 32.7 Å². The highest BCUT2D eigenvalue weighted by Gasteiger charge is 2.20. The summed E-state index contributed by atoms with van der Waals surface area (Å²) < 4.78 is 2.08. The van der Waals surface area contributed by atoms with Crippen LogP contribution in [0, 0.1) is 0 Å². The first-order chi connectivity index (χ1) is 11.3. The fourth-order valence-corrected chi connectivity index (χ4v) is 2.74. The Morgan fingerprint density at radius 3 is 2.57 bits per heavy atom. The van der Waals surface area contributed by atoms with Gasteiger partial charge >= 0.3 is 6.03 Å². The topological polar surface area (TPSA) is 53.4 Å². The van der Waals surface area contributed by atoms with E-state index in [0.717, 1.165) is 44.8 Å². The third kappa shape index (κ3) is 4.56. The summed E-state index contributed by atoms with van der Waals surface area (Å²) in [4.78, 5) is 20.5. The molecule has 0 saturated carbocycles. The van der Waals surface area contributed by atoms with E-state index in [1.165, 1.54) is 0 Å². The number of aromatic nitrogens is 2. The van der Waals surface area contributed by atoms with E-state index >= 15 is 0 Å². The summed E-state index contributed by atoms with van der Waals surface area (Å²) in [6.07, 6.45) is 5.62. The minimum Gasteiger partial charge on any atom is -0.336 e. The molecule has 0 radical (unpaired) electrons. The second kappa shape index (κ2) is 7.78. The van der Waals surface area contributed by atoms with E-state index < -0.39 is 0 Å². The average molecular weight is 313 g/mol. The first-order valence-corrected chi connectivity index (χ1v) is 8.06. The Kier molecular flexibility index (Phi) is 5.26. The van der Waals surface area contributed by atoms with Crippen LogP contribution in [0.2, 0.25) is 0 Å². The van der Waals surface area contributed by atoms with Gasteiger partial charge in [0.15, 0.2) is 0 Å². The maximum Gasteiger partial charge on any atom is 0.317 e. The molecular weight excluding hydrogens is 290 g/mol. The van der Waals surface area contributed by atoms with Crippen LogP contribution in [-0.2, 0) is 13.1 Å². The Hall–Kier alpha value is -2.34. The Morgan fingerprint density at radius 1 is 1.09 bits per heavy atom. The first kappa shape index (κ1) is 15.6. The summed E-state index contributed by atoms with van der Waals surface area (Å²) >= 11 is 0. The molecule has 1 saturated heterocycles. The Labute approximate surface area is 136 Å². The Balaban J connectivity index is 1.37. The van der Waals surface area contributed by atoms with Crippen LogP contribution in [0.4, 0.5) is 4.79 Å². The lowest BCUT2D eigenvalue weighted by Gasteiger charge is -2.34. The quantitative estimate of drug-likeness (QED) is 0.908. The number of imidazole rings is 1. The van der Waals surface area contributed by atoms with Crippen LogP contribution >= 0.6 is 0 Å². The molecule has 1 aromatic carbocycles. The molecule has 23 heavy (non-hydrogen) atoms. The molecular formula is C17H23N5O. The predicted octanol–water partition coefficient (Wildman–Crippen LogP) is 1.41. The lowest BCUT2D eigenvalue weighted by Crippen LogP contribution is -2.52. The Bertz CT molecular complexity index is 591. The van der Waals surface area contributed by atoms with Gasteiger partial charge in [0.25, 0.3) is 0 Å². The first-order valence-electron chi connectivity index (χ1n) is 8.06. The molecule has 2 heterocycles. The average Bonchev–Trinajstić information content (AvgIpc) is 3.13. The molecule has 1 fully saturated rings. The number of benzene rings is 1. The molecule has 0 atom stereocenters. The lowest BCUT2D eigenvalue weighted by atomic mass is 10.2. The van der Waals surface area contributed by atoms with E-state index in [4.69, 9.17) is 0 Å². The van der Waals surface area contributed by atoms with Crippen molar-refractivity contribution in [3.05, 3.63) is 54.6 Å². The number of hydrogen-bond donors (Lipinski definition) is 1. The van der Waals surface area contributed by atoms with Crippen LogP contribution in [0.25, 0.3) is 0 Å². The van der Waals surface area contributed by atoms with Crippen LogP contribution in [0.1, 0.15) is 5.56 Å². The number of hydrogen-bond acceptors (Lipinski definition) is 3. The minimum absolute atomic E-state index is 0.0307. The van der Waals surface area contributed by atoms with E-state index in [1.807, 2.05) is 47.8 Å². The highest BCUT2D eigenvalue weighted by molar-refractivity contribution is 5.74. The van der Waals surface area contributed by atoms with Gasteiger partial charge in [-0.1, -0.05) is 30.3 Å². The zero-order valence-corrected chi connectivity index (χ0v) is 13.3. The number of nitrogens with one attached hydrogen (secondary N) is 1.